The number of hydrogen-bond acceptors (Lipinski definition) is 3. The van der Waals surface area contributed by atoms with E-state index in [9.17, 15) is 4.79 Å². The van der Waals surface area contributed by atoms with Crippen LogP contribution in [0, 0.1) is 11.3 Å². The lowest BCUT2D eigenvalue weighted by Crippen LogP contribution is -2.12. The zero-order valence-corrected chi connectivity index (χ0v) is 11.4. The lowest BCUT2D eigenvalue weighted by atomic mass is 10.1. The van der Waals surface area contributed by atoms with Crippen LogP contribution in [0.4, 0.5) is 5.69 Å². The molecular weight excluding hydrogens is 264 g/mol. The Morgan fingerprint density at radius 1 is 1.29 bits per heavy atom. The summed E-state index contributed by atoms with van der Waals surface area (Å²) in [4.78, 5) is 12.2. The molecule has 3 rings (SSSR count). The van der Waals surface area contributed by atoms with Gasteiger partial charge < -0.3 is 5.32 Å². The van der Waals surface area contributed by atoms with Crippen LogP contribution < -0.4 is 5.32 Å². The molecule has 1 heterocycles. The van der Waals surface area contributed by atoms with Crippen LogP contribution in [-0.2, 0) is 7.05 Å². The average molecular weight is 276 g/mol. The molecule has 0 aliphatic carbocycles. The number of carbonyl (C=O) groups excluding carboxylic acids is 1. The van der Waals surface area contributed by atoms with Gasteiger partial charge >= 0.3 is 0 Å². The second-order valence-electron chi connectivity index (χ2n) is 4.69. The number of nitrogens with zero attached hydrogens (tertiary/aromatic N) is 3. The maximum Gasteiger partial charge on any atom is 0.255 e. The molecule has 21 heavy (non-hydrogen) atoms. The first kappa shape index (κ1) is 12.9. The summed E-state index contributed by atoms with van der Waals surface area (Å²) in [5, 5.41) is 16.9. The maximum atomic E-state index is 12.2. The monoisotopic (exact) mass is 276 g/mol. The highest BCUT2D eigenvalue weighted by atomic mass is 16.1. The molecule has 5 nitrogen and oxygen atoms in total. The molecule has 0 unspecified atom stereocenters. The molecule has 0 aliphatic heterocycles. The van der Waals surface area contributed by atoms with E-state index in [0.717, 1.165) is 10.9 Å². The third-order valence-corrected chi connectivity index (χ3v) is 3.26. The molecule has 1 aromatic heterocycles. The molecular formula is C16H12N4O. The van der Waals surface area contributed by atoms with E-state index in [1.165, 1.54) is 0 Å². The smallest absolute Gasteiger partial charge is 0.255 e. The van der Waals surface area contributed by atoms with Crippen LogP contribution in [0.25, 0.3) is 10.9 Å². The topological polar surface area (TPSA) is 70.7 Å². The largest absolute Gasteiger partial charge is 0.322 e. The van der Waals surface area contributed by atoms with E-state index >= 15 is 0 Å². The Morgan fingerprint density at radius 3 is 2.95 bits per heavy atom. The summed E-state index contributed by atoms with van der Waals surface area (Å²) in [5.41, 5.74) is 2.56. The van der Waals surface area contributed by atoms with Crippen molar-refractivity contribution < 1.29 is 4.79 Å². The lowest BCUT2D eigenvalue weighted by molar-refractivity contribution is 0.102. The van der Waals surface area contributed by atoms with Gasteiger partial charge in [0.15, 0.2) is 0 Å². The quantitative estimate of drug-likeness (QED) is 0.782. The van der Waals surface area contributed by atoms with Gasteiger partial charge in [-0.25, -0.2) is 0 Å². The van der Waals surface area contributed by atoms with E-state index in [4.69, 9.17) is 5.26 Å². The number of aryl methyl sites for hydroxylation is 1. The second-order valence-corrected chi connectivity index (χ2v) is 4.69. The number of amides is 1. The number of carbonyl (C=O) groups is 1. The van der Waals surface area contributed by atoms with Crippen molar-refractivity contribution in [2.24, 2.45) is 7.05 Å². The van der Waals surface area contributed by atoms with Crippen molar-refractivity contribution in [3.63, 3.8) is 0 Å². The molecule has 5 heteroatoms. The molecule has 0 spiro atoms. The van der Waals surface area contributed by atoms with Gasteiger partial charge in [0.25, 0.3) is 5.91 Å². The Kier molecular flexibility index (Phi) is 3.13. The highest BCUT2D eigenvalue weighted by Crippen LogP contribution is 2.19. The number of fused-ring (bicyclic) bond motifs is 1. The van der Waals surface area contributed by atoms with E-state index in [2.05, 4.69) is 10.4 Å². The van der Waals surface area contributed by atoms with Crippen molar-refractivity contribution in [2.45, 2.75) is 0 Å². The minimum absolute atomic E-state index is 0.242. The minimum atomic E-state index is -0.242. The van der Waals surface area contributed by atoms with E-state index in [0.29, 0.717) is 16.8 Å². The third-order valence-electron chi connectivity index (χ3n) is 3.26. The average Bonchev–Trinajstić information content (AvgIpc) is 2.88. The Balaban J connectivity index is 1.88. The van der Waals surface area contributed by atoms with Crippen molar-refractivity contribution in [3.05, 3.63) is 59.8 Å². The summed E-state index contributed by atoms with van der Waals surface area (Å²) >= 11 is 0. The van der Waals surface area contributed by atoms with Gasteiger partial charge in [-0.05, 0) is 36.4 Å². The predicted octanol–water partition coefficient (Wildman–Crippen LogP) is 2.70. The van der Waals surface area contributed by atoms with Crippen molar-refractivity contribution in [1.29, 1.82) is 5.26 Å². The normalized spacial score (nSPS) is 10.3. The summed E-state index contributed by atoms with van der Waals surface area (Å²) in [7, 11) is 1.85. The summed E-state index contributed by atoms with van der Waals surface area (Å²) in [6, 6.07) is 14.2. The Bertz CT molecular complexity index is 873. The first-order valence-electron chi connectivity index (χ1n) is 6.40. The van der Waals surface area contributed by atoms with Gasteiger partial charge in [0, 0.05) is 23.7 Å². The van der Waals surface area contributed by atoms with Crippen LogP contribution in [0.5, 0.6) is 0 Å². The molecule has 0 saturated carbocycles. The number of nitrogens with one attached hydrogen (secondary N) is 1. The fraction of sp³-hybridized carbons (Fsp3) is 0.0625. The van der Waals surface area contributed by atoms with Crippen molar-refractivity contribution >= 4 is 22.5 Å². The standard InChI is InChI=1S/C16H12N4O/c1-20-15-8-14(6-5-13(15)10-18-20)19-16(21)12-4-2-3-11(7-12)9-17/h2-8,10H,1H3,(H,19,21). The Labute approximate surface area is 121 Å². The second kappa shape index (κ2) is 5.10. The van der Waals surface area contributed by atoms with Crippen molar-refractivity contribution in [3.8, 4) is 6.07 Å². The van der Waals surface area contributed by atoms with Gasteiger partial charge in [0.1, 0.15) is 0 Å². The van der Waals surface area contributed by atoms with E-state index in [1.807, 2.05) is 31.3 Å². The van der Waals surface area contributed by atoms with Crippen LogP contribution in [0.3, 0.4) is 0 Å². The fourth-order valence-corrected chi connectivity index (χ4v) is 2.16. The van der Waals surface area contributed by atoms with Gasteiger partial charge in [-0.15, -0.1) is 0 Å². The summed E-state index contributed by atoms with van der Waals surface area (Å²) in [6.45, 7) is 0. The number of rotatable bonds is 2. The van der Waals surface area contributed by atoms with Gasteiger partial charge in [-0.3, -0.25) is 9.48 Å². The lowest BCUT2D eigenvalue weighted by Gasteiger charge is -2.06. The SMILES string of the molecule is Cn1ncc2ccc(NC(=O)c3cccc(C#N)c3)cc21. The highest BCUT2D eigenvalue weighted by Gasteiger charge is 2.08. The first-order valence-corrected chi connectivity index (χ1v) is 6.40. The summed E-state index contributed by atoms with van der Waals surface area (Å²) in [6.07, 6.45) is 1.78. The van der Waals surface area contributed by atoms with E-state index < -0.39 is 0 Å². The van der Waals surface area contributed by atoms with Gasteiger partial charge in [0.05, 0.1) is 23.3 Å². The summed E-state index contributed by atoms with van der Waals surface area (Å²) in [5.74, 6) is -0.242. The van der Waals surface area contributed by atoms with E-state index in [1.54, 1.807) is 35.1 Å². The zero-order valence-electron chi connectivity index (χ0n) is 11.4. The minimum Gasteiger partial charge on any atom is -0.322 e. The molecule has 0 radical (unpaired) electrons. The van der Waals surface area contributed by atoms with Crippen molar-refractivity contribution in [1.82, 2.24) is 9.78 Å². The molecule has 0 bridgehead atoms. The molecule has 1 amide bonds. The maximum absolute atomic E-state index is 12.2. The van der Waals surface area contributed by atoms with Crippen LogP contribution >= 0.6 is 0 Å². The molecule has 102 valence electrons. The van der Waals surface area contributed by atoms with Gasteiger partial charge in [-0.2, -0.15) is 10.4 Å². The molecule has 0 saturated heterocycles. The molecule has 0 fully saturated rings. The fourth-order valence-electron chi connectivity index (χ4n) is 2.16. The number of anilines is 1. The van der Waals surface area contributed by atoms with Gasteiger partial charge in [0.2, 0.25) is 0 Å². The number of nitriles is 1. The molecule has 1 N–H and O–H groups in total. The van der Waals surface area contributed by atoms with Crippen LogP contribution in [0.2, 0.25) is 0 Å². The van der Waals surface area contributed by atoms with Gasteiger partial charge in [-0.1, -0.05) is 6.07 Å². The predicted molar refractivity (Wildman–Crippen MR) is 79.8 cm³/mol. The zero-order chi connectivity index (χ0) is 14.8. The number of benzene rings is 2. The summed E-state index contributed by atoms with van der Waals surface area (Å²) < 4.78 is 1.75. The van der Waals surface area contributed by atoms with Crippen molar-refractivity contribution in [2.75, 3.05) is 5.32 Å². The first-order chi connectivity index (χ1) is 10.2. The highest BCUT2D eigenvalue weighted by molar-refractivity contribution is 6.05. The van der Waals surface area contributed by atoms with Crippen LogP contribution in [0.1, 0.15) is 15.9 Å². The Morgan fingerprint density at radius 2 is 2.14 bits per heavy atom. The molecule has 0 atom stereocenters. The molecule has 2 aromatic carbocycles. The molecule has 3 aromatic rings. The number of hydrogen-bond donors (Lipinski definition) is 1. The van der Waals surface area contributed by atoms with Crippen LogP contribution in [0.15, 0.2) is 48.7 Å². The molecule has 0 aliphatic rings. The third kappa shape index (κ3) is 2.47. The Hall–Kier alpha value is -3.13. The number of aromatic nitrogens is 2. The van der Waals surface area contributed by atoms with Crippen LogP contribution in [-0.4, -0.2) is 15.7 Å². The van der Waals surface area contributed by atoms with E-state index in [-0.39, 0.29) is 5.91 Å².